The lowest BCUT2D eigenvalue weighted by molar-refractivity contribution is -0.143. The van der Waals surface area contributed by atoms with Crippen LogP contribution in [0.15, 0.2) is 58.4 Å². The summed E-state index contributed by atoms with van der Waals surface area (Å²) in [6.45, 7) is -0.305. The van der Waals surface area contributed by atoms with Crippen LogP contribution in [0.4, 0.5) is 5.69 Å². The number of aromatic hydroxyl groups is 1. The van der Waals surface area contributed by atoms with Crippen molar-refractivity contribution in [3.8, 4) is 11.5 Å². The molecule has 200 valence electrons. The molecule has 2 saturated carbocycles. The number of ether oxygens (including phenoxy) is 1. The lowest BCUT2D eigenvalue weighted by atomic mass is 9.68. The first-order valence-corrected chi connectivity index (χ1v) is 14.5. The van der Waals surface area contributed by atoms with Gasteiger partial charge in [0.05, 0.1) is 24.0 Å². The number of rotatable bonds is 5. The largest absolute Gasteiger partial charge is 0.504 e. The van der Waals surface area contributed by atoms with Gasteiger partial charge in [0.2, 0.25) is 17.7 Å². The Kier molecular flexibility index (Phi) is 5.64. The third-order valence-corrected chi connectivity index (χ3v) is 11.3. The molecule has 0 radical (unpaired) electrons. The number of imide groups is 1. The number of carbonyl (C=O) groups is 3. The van der Waals surface area contributed by atoms with Gasteiger partial charge in [0.15, 0.2) is 11.5 Å². The molecule has 2 aliphatic carbocycles. The number of para-hydroxylation sites is 1. The van der Waals surface area contributed by atoms with Gasteiger partial charge >= 0.3 is 4.87 Å². The number of carbonyl (C=O) groups excluding carboxylic acids is 3. The summed E-state index contributed by atoms with van der Waals surface area (Å²) in [5.41, 5.74) is 1.51. The molecule has 3 fully saturated rings. The predicted molar refractivity (Wildman–Crippen MR) is 145 cm³/mol. The van der Waals surface area contributed by atoms with Crippen molar-refractivity contribution in [3.05, 3.63) is 68.6 Å². The van der Waals surface area contributed by atoms with Crippen LogP contribution in [0.2, 0.25) is 0 Å². The van der Waals surface area contributed by atoms with Crippen molar-refractivity contribution in [2.75, 3.05) is 19.0 Å². The Labute approximate surface area is 231 Å². The summed E-state index contributed by atoms with van der Waals surface area (Å²) in [7, 11) is 1.49. The van der Waals surface area contributed by atoms with Gasteiger partial charge in [0, 0.05) is 21.7 Å². The van der Waals surface area contributed by atoms with Gasteiger partial charge in [-0.15, -0.1) is 11.8 Å². The predicted octanol–water partition coefficient (Wildman–Crippen LogP) is 3.26. The third-order valence-electron chi connectivity index (χ3n) is 8.74. The second-order valence-corrected chi connectivity index (χ2v) is 12.8. The fraction of sp³-hybridized carbons (Fsp3) is 0.357. The average molecular weight is 564 g/mol. The molecule has 3 N–H and O–H groups in total. The maximum absolute atomic E-state index is 13.7. The number of likely N-dealkylation sites (tertiary alicyclic amines) is 1. The number of amides is 3. The molecule has 7 atom stereocenters. The summed E-state index contributed by atoms with van der Waals surface area (Å²) in [6.07, 6.45) is 0.754. The number of phenolic OH excluding ortho intramolecular Hbond substituents is 1. The van der Waals surface area contributed by atoms with Crippen LogP contribution in [-0.4, -0.2) is 51.6 Å². The van der Waals surface area contributed by atoms with Gasteiger partial charge in [0.25, 0.3) is 0 Å². The first-order chi connectivity index (χ1) is 18.9. The maximum Gasteiger partial charge on any atom is 0.305 e. The first-order valence-electron chi connectivity index (χ1n) is 12.8. The van der Waals surface area contributed by atoms with Crippen LogP contribution in [0.25, 0.3) is 0 Å². The number of hydrogen-bond acceptors (Lipinski definition) is 8. The normalized spacial score (nSPS) is 30.2. The highest BCUT2D eigenvalue weighted by Crippen LogP contribution is 2.68. The van der Waals surface area contributed by atoms with E-state index >= 15 is 0 Å². The van der Waals surface area contributed by atoms with E-state index in [9.17, 15) is 24.3 Å². The molecule has 39 heavy (non-hydrogen) atoms. The summed E-state index contributed by atoms with van der Waals surface area (Å²) in [5.74, 6) is -1.78. The number of hydrogen-bond donors (Lipinski definition) is 3. The van der Waals surface area contributed by atoms with Crippen molar-refractivity contribution in [1.82, 2.24) is 9.88 Å². The second-order valence-electron chi connectivity index (χ2n) is 10.6. The van der Waals surface area contributed by atoms with Crippen molar-refractivity contribution >= 4 is 46.5 Å². The number of phenols is 1. The molecule has 7 rings (SSSR count). The van der Waals surface area contributed by atoms with Gasteiger partial charge in [-0.2, -0.15) is 0 Å². The lowest BCUT2D eigenvalue weighted by Gasteiger charge is -2.43. The van der Waals surface area contributed by atoms with Crippen molar-refractivity contribution in [2.24, 2.45) is 29.6 Å². The van der Waals surface area contributed by atoms with E-state index in [-0.39, 0.29) is 57.9 Å². The monoisotopic (exact) mass is 563 g/mol. The van der Waals surface area contributed by atoms with Crippen LogP contribution in [0, 0.1) is 29.6 Å². The summed E-state index contributed by atoms with van der Waals surface area (Å²) in [4.78, 5) is 57.4. The number of benzene rings is 2. The van der Waals surface area contributed by atoms with Gasteiger partial charge in [-0.1, -0.05) is 35.6 Å². The number of fused-ring (bicyclic) bond motifs is 9. The Hall–Kier alpha value is -3.57. The highest BCUT2D eigenvalue weighted by Gasteiger charge is 2.69. The quantitative estimate of drug-likeness (QED) is 0.407. The topological polar surface area (TPSA) is 129 Å². The van der Waals surface area contributed by atoms with E-state index in [1.807, 2.05) is 12.1 Å². The Morgan fingerprint density at radius 1 is 1.10 bits per heavy atom. The van der Waals surface area contributed by atoms with E-state index in [4.69, 9.17) is 4.74 Å². The van der Waals surface area contributed by atoms with E-state index in [2.05, 4.69) is 10.3 Å². The van der Waals surface area contributed by atoms with E-state index < -0.39 is 17.7 Å². The summed E-state index contributed by atoms with van der Waals surface area (Å²) in [6, 6.07) is 14.2. The summed E-state index contributed by atoms with van der Waals surface area (Å²) < 4.78 is 5.37. The van der Waals surface area contributed by atoms with Crippen LogP contribution in [0.3, 0.4) is 0 Å². The van der Waals surface area contributed by atoms with Crippen LogP contribution < -0.4 is 14.9 Å². The molecule has 3 aromatic rings. The Bertz CT molecular complexity index is 1570. The number of nitrogens with one attached hydrogen (secondary N) is 2. The number of H-pyrrole nitrogens is 1. The lowest BCUT2D eigenvalue weighted by Crippen LogP contribution is -2.42. The van der Waals surface area contributed by atoms with E-state index in [1.54, 1.807) is 48.2 Å². The fourth-order valence-corrected chi connectivity index (χ4v) is 10.2. The van der Waals surface area contributed by atoms with Crippen molar-refractivity contribution in [1.29, 1.82) is 0 Å². The SMILES string of the molecule is COc1cc(C2c3sc(=O)[nH]c3SC3C4CC(C5C(=O)N(CC(=O)Nc6ccccc6)C(=O)C45)C23)ccc1O. The van der Waals surface area contributed by atoms with Crippen molar-refractivity contribution < 1.29 is 24.2 Å². The van der Waals surface area contributed by atoms with Gasteiger partial charge < -0.3 is 20.1 Å². The number of anilines is 1. The Morgan fingerprint density at radius 3 is 2.59 bits per heavy atom. The Morgan fingerprint density at radius 2 is 1.85 bits per heavy atom. The second kappa shape index (κ2) is 8.99. The molecule has 1 aromatic heterocycles. The molecule has 3 heterocycles. The van der Waals surface area contributed by atoms with Crippen molar-refractivity contribution in [2.45, 2.75) is 22.6 Å². The highest BCUT2D eigenvalue weighted by atomic mass is 32.2. The first kappa shape index (κ1) is 24.5. The average Bonchev–Trinajstić information content (AvgIpc) is 3.65. The van der Waals surface area contributed by atoms with Crippen LogP contribution in [0.1, 0.15) is 22.8 Å². The summed E-state index contributed by atoms with van der Waals surface area (Å²) in [5, 5.41) is 13.8. The molecule has 7 unspecified atom stereocenters. The van der Waals surface area contributed by atoms with E-state index in [1.165, 1.54) is 18.4 Å². The molecule has 0 spiro atoms. The zero-order chi connectivity index (χ0) is 27.0. The minimum atomic E-state index is -0.479. The Balaban J connectivity index is 1.22. The smallest absolute Gasteiger partial charge is 0.305 e. The van der Waals surface area contributed by atoms with Crippen molar-refractivity contribution in [3.63, 3.8) is 0 Å². The number of aromatic nitrogens is 1. The molecule has 3 amide bonds. The zero-order valence-corrected chi connectivity index (χ0v) is 22.5. The third kappa shape index (κ3) is 3.66. The molecule has 9 nitrogen and oxygen atoms in total. The van der Waals surface area contributed by atoms with Gasteiger partial charge in [-0.3, -0.25) is 24.1 Å². The van der Waals surface area contributed by atoms with Crippen LogP contribution in [-0.2, 0) is 14.4 Å². The van der Waals surface area contributed by atoms with Crippen LogP contribution >= 0.6 is 23.1 Å². The van der Waals surface area contributed by atoms with Crippen LogP contribution in [0.5, 0.6) is 11.5 Å². The van der Waals surface area contributed by atoms with Gasteiger partial charge in [-0.05, 0) is 54.0 Å². The number of thioether (sulfide) groups is 1. The van der Waals surface area contributed by atoms with Gasteiger partial charge in [-0.25, -0.2) is 0 Å². The minimum Gasteiger partial charge on any atom is -0.504 e. The van der Waals surface area contributed by atoms with Gasteiger partial charge in [0.1, 0.15) is 6.54 Å². The van der Waals surface area contributed by atoms with E-state index in [0.29, 0.717) is 11.4 Å². The minimum absolute atomic E-state index is 0.0179. The molecular formula is C28H25N3O6S2. The molecule has 2 bridgehead atoms. The molecule has 4 aliphatic rings. The standard InChI is InChI=1S/C28H25N3O6S2/c1-37-17-9-12(7-8-16(17)32)19-20-14-10-15(23(20)38-25-24(19)39-28(36)30-25)22-21(14)26(34)31(27(22)35)11-18(33)29-13-5-3-2-4-6-13/h2-9,14-15,19-23,32H,10-11H2,1H3,(H,29,33)(H,30,36). The number of methoxy groups -OCH3 is 1. The molecule has 2 aromatic carbocycles. The zero-order valence-electron chi connectivity index (χ0n) is 20.8. The summed E-state index contributed by atoms with van der Waals surface area (Å²) >= 11 is 2.78. The number of nitrogens with zero attached hydrogens (tertiary/aromatic N) is 1. The maximum atomic E-state index is 13.7. The highest BCUT2D eigenvalue weighted by molar-refractivity contribution is 8.00. The molecule has 2 aliphatic heterocycles. The molecule has 1 saturated heterocycles. The van der Waals surface area contributed by atoms with E-state index in [0.717, 1.165) is 26.8 Å². The molecular weight excluding hydrogens is 538 g/mol. The fourth-order valence-electron chi connectivity index (χ4n) is 7.36. The number of aromatic amines is 1. The molecule has 11 heteroatoms. The number of thiazole rings is 1.